The molecule has 240 valence electrons. The Balaban J connectivity index is 1.27. The smallest absolute Gasteiger partial charge is 0.289 e. The van der Waals surface area contributed by atoms with Gasteiger partial charge < -0.3 is 26.6 Å². The quantitative estimate of drug-likeness (QED) is 0.232. The van der Waals surface area contributed by atoms with E-state index in [2.05, 4.69) is 26.6 Å². The maximum absolute atomic E-state index is 14.1. The predicted octanol–water partition coefficient (Wildman–Crippen LogP) is 2.34. The molecule has 4 amide bonds. The van der Waals surface area contributed by atoms with Crippen molar-refractivity contribution in [1.29, 1.82) is 0 Å². The van der Waals surface area contributed by atoms with Gasteiger partial charge >= 0.3 is 0 Å². The number of carbonyl (C=O) groups excluding carboxylic acids is 5. The molecule has 10 heteroatoms. The first-order chi connectivity index (χ1) is 21.6. The molecule has 0 spiro atoms. The highest BCUT2D eigenvalue weighted by atomic mass is 16.2. The van der Waals surface area contributed by atoms with Gasteiger partial charge in [-0.2, -0.15) is 0 Å². The van der Waals surface area contributed by atoms with E-state index in [4.69, 9.17) is 0 Å². The SMILES string of the molecule is CC(NC(=O)C(NC(=O)c1ccccc1)C12CNCC3CC(CC3C1)C2)C(=O)NC(C(=O)C(=O)NCc1ccccc1)C(C)C. The first-order valence-electron chi connectivity index (χ1n) is 16.1. The van der Waals surface area contributed by atoms with Crippen LogP contribution in [0.5, 0.6) is 0 Å². The molecule has 0 aromatic heterocycles. The van der Waals surface area contributed by atoms with E-state index >= 15 is 0 Å². The van der Waals surface area contributed by atoms with Crippen LogP contribution in [0, 0.1) is 29.1 Å². The summed E-state index contributed by atoms with van der Waals surface area (Å²) in [4.78, 5) is 66.6. The molecular formula is C35H45N5O5. The zero-order valence-electron chi connectivity index (χ0n) is 26.3. The summed E-state index contributed by atoms with van der Waals surface area (Å²) in [5.41, 5.74) is 0.815. The summed E-state index contributed by atoms with van der Waals surface area (Å²) in [5.74, 6) is -1.69. The van der Waals surface area contributed by atoms with E-state index in [1.165, 1.54) is 0 Å². The van der Waals surface area contributed by atoms with Gasteiger partial charge in [-0.05, 0) is 80.5 Å². The van der Waals surface area contributed by atoms with Gasteiger partial charge in [0.05, 0.1) is 6.04 Å². The van der Waals surface area contributed by atoms with Crippen LogP contribution in [0.3, 0.4) is 0 Å². The van der Waals surface area contributed by atoms with E-state index in [0.29, 0.717) is 29.9 Å². The highest BCUT2D eigenvalue weighted by Crippen LogP contribution is 2.55. The van der Waals surface area contributed by atoms with Gasteiger partial charge in [0.15, 0.2) is 0 Å². The zero-order valence-corrected chi connectivity index (χ0v) is 26.3. The van der Waals surface area contributed by atoms with Gasteiger partial charge in [-0.1, -0.05) is 62.4 Å². The molecule has 45 heavy (non-hydrogen) atoms. The van der Waals surface area contributed by atoms with Crippen molar-refractivity contribution in [2.45, 2.75) is 71.1 Å². The fourth-order valence-corrected chi connectivity index (χ4v) is 7.66. The van der Waals surface area contributed by atoms with Crippen molar-refractivity contribution in [3.8, 4) is 0 Å². The van der Waals surface area contributed by atoms with Crippen molar-refractivity contribution >= 4 is 29.4 Å². The third kappa shape index (κ3) is 7.44. The maximum Gasteiger partial charge on any atom is 0.289 e. The largest absolute Gasteiger partial charge is 0.345 e. The molecule has 3 bridgehead atoms. The van der Waals surface area contributed by atoms with Crippen LogP contribution in [-0.4, -0.2) is 60.6 Å². The van der Waals surface area contributed by atoms with Crippen LogP contribution < -0.4 is 26.6 Å². The molecular weight excluding hydrogens is 570 g/mol. The summed E-state index contributed by atoms with van der Waals surface area (Å²) in [6.07, 6.45) is 3.93. The molecule has 5 N–H and O–H groups in total. The molecule has 3 fully saturated rings. The topological polar surface area (TPSA) is 146 Å². The number of rotatable bonds is 12. The lowest BCUT2D eigenvalue weighted by atomic mass is 9.64. The number of benzene rings is 2. The Hall–Kier alpha value is -4.05. The lowest BCUT2D eigenvalue weighted by Gasteiger charge is -2.45. The molecule has 2 aromatic carbocycles. The lowest BCUT2D eigenvalue weighted by molar-refractivity contribution is -0.141. The molecule has 1 aliphatic heterocycles. The summed E-state index contributed by atoms with van der Waals surface area (Å²) in [6, 6.07) is 15.1. The molecule has 5 rings (SSSR count). The second-order valence-electron chi connectivity index (χ2n) is 13.5. The van der Waals surface area contributed by atoms with E-state index in [1.54, 1.807) is 45.0 Å². The van der Waals surface area contributed by atoms with Crippen molar-refractivity contribution in [3.63, 3.8) is 0 Å². The molecule has 2 saturated carbocycles. The second kappa shape index (κ2) is 13.9. The minimum absolute atomic E-state index is 0.186. The first kappa shape index (κ1) is 32.3. The number of carbonyl (C=O) groups is 5. The fraction of sp³-hybridized carbons (Fsp3) is 0.514. The van der Waals surface area contributed by atoms with Crippen molar-refractivity contribution in [2.24, 2.45) is 29.1 Å². The highest BCUT2D eigenvalue weighted by molar-refractivity contribution is 6.38. The first-order valence-corrected chi connectivity index (χ1v) is 16.1. The third-order valence-corrected chi connectivity index (χ3v) is 9.89. The van der Waals surface area contributed by atoms with Gasteiger partial charge in [0.1, 0.15) is 12.1 Å². The average molecular weight is 616 g/mol. The van der Waals surface area contributed by atoms with Crippen LogP contribution in [-0.2, 0) is 25.7 Å². The second-order valence-corrected chi connectivity index (χ2v) is 13.5. The Morgan fingerprint density at radius 3 is 2.18 bits per heavy atom. The van der Waals surface area contributed by atoms with Gasteiger partial charge in [0.2, 0.25) is 17.6 Å². The average Bonchev–Trinajstić information content (AvgIpc) is 3.26. The fourth-order valence-electron chi connectivity index (χ4n) is 7.66. The van der Waals surface area contributed by atoms with E-state index in [0.717, 1.165) is 37.8 Å². The number of nitrogens with one attached hydrogen (secondary N) is 5. The molecule has 1 heterocycles. The molecule has 1 saturated heterocycles. The van der Waals surface area contributed by atoms with E-state index < -0.39 is 47.0 Å². The Kier molecular flexibility index (Phi) is 10.0. The Morgan fingerprint density at radius 2 is 1.49 bits per heavy atom. The van der Waals surface area contributed by atoms with Crippen LogP contribution in [0.1, 0.15) is 62.4 Å². The summed E-state index contributed by atoms with van der Waals surface area (Å²) in [6.45, 7) is 6.73. The molecule has 7 atom stereocenters. The molecule has 2 aliphatic carbocycles. The molecule has 7 unspecified atom stereocenters. The van der Waals surface area contributed by atoms with Crippen LogP contribution in [0.4, 0.5) is 0 Å². The van der Waals surface area contributed by atoms with Crippen molar-refractivity contribution in [2.75, 3.05) is 13.1 Å². The van der Waals surface area contributed by atoms with Crippen LogP contribution in [0.25, 0.3) is 0 Å². The zero-order chi connectivity index (χ0) is 32.1. The summed E-state index contributed by atoms with van der Waals surface area (Å²) in [7, 11) is 0. The number of hydrogen-bond acceptors (Lipinski definition) is 6. The number of fused-ring (bicyclic) bond motifs is 2. The van der Waals surface area contributed by atoms with Crippen molar-refractivity contribution in [1.82, 2.24) is 26.6 Å². The Labute approximate surface area is 264 Å². The normalized spacial score (nSPS) is 25.4. The van der Waals surface area contributed by atoms with Crippen molar-refractivity contribution in [3.05, 3.63) is 71.8 Å². The van der Waals surface area contributed by atoms with Gasteiger partial charge in [-0.15, -0.1) is 0 Å². The standard InChI is InChI=1S/C35H45N5O5/c1-21(2)28(29(41)33(44)37-18-23-10-6-4-7-11-23)39-31(42)22(3)38-34(45)30(40-32(43)25-12-8-5-9-13-25)35-16-24-14-26(17-35)27(15-24)19-36-20-35/h4-13,21-22,24,26-28,30,36H,14-20H2,1-3H3,(H,37,44)(H,38,45)(H,39,42)(H,40,43). The molecule has 2 aromatic rings. The molecule has 3 aliphatic rings. The minimum Gasteiger partial charge on any atom is -0.345 e. The van der Waals surface area contributed by atoms with Gasteiger partial charge in [0.25, 0.3) is 11.8 Å². The van der Waals surface area contributed by atoms with Crippen LogP contribution in [0.15, 0.2) is 60.7 Å². The monoisotopic (exact) mass is 615 g/mol. The highest BCUT2D eigenvalue weighted by Gasteiger charge is 2.55. The summed E-state index contributed by atoms with van der Waals surface area (Å²) in [5, 5.41) is 14.8. The number of hydrogen-bond donors (Lipinski definition) is 5. The lowest BCUT2D eigenvalue weighted by Crippen LogP contribution is -2.63. The number of ketones is 1. The maximum atomic E-state index is 14.1. The van der Waals surface area contributed by atoms with Gasteiger partial charge in [0, 0.05) is 24.1 Å². The Bertz CT molecular complexity index is 1400. The van der Waals surface area contributed by atoms with Gasteiger partial charge in [-0.3, -0.25) is 24.0 Å². The minimum atomic E-state index is -1.07. The number of amides is 4. The van der Waals surface area contributed by atoms with E-state index in [1.807, 2.05) is 36.4 Å². The van der Waals surface area contributed by atoms with E-state index in [9.17, 15) is 24.0 Å². The summed E-state index contributed by atoms with van der Waals surface area (Å²) < 4.78 is 0. The van der Waals surface area contributed by atoms with Crippen molar-refractivity contribution < 1.29 is 24.0 Å². The molecule has 10 nitrogen and oxygen atoms in total. The third-order valence-electron chi connectivity index (χ3n) is 9.89. The molecule has 0 radical (unpaired) electrons. The Morgan fingerprint density at radius 1 is 0.822 bits per heavy atom. The predicted molar refractivity (Wildman–Crippen MR) is 170 cm³/mol. The van der Waals surface area contributed by atoms with Crippen LogP contribution >= 0.6 is 0 Å². The number of Topliss-reactive ketones (excluding diaryl/α,β-unsaturated/α-hetero) is 1. The van der Waals surface area contributed by atoms with Crippen LogP contribution in [0.2, 0.25) is 0 Å². The summed E-state index contributed by atoms with van der Waals surface area (Å²) >= 11 is 0. The van der Waals surface area contributed by atoms with E-state index in [-0.39, 0.29) is 18.4 Å². The van der Waals surface area contributed by atoms with Gasteiger partial charge in [-0.25, -0.2) is 0 Å².